The Hall–Kier alpha value is -2.37. The Morgan fingerprint density at radius 1 is 1.09 bits per heavy atom. The van der Waals surface area contributed by atoms with Gasteiger partial charge in [0, 0.05) is 13.5 Å². The van der Waals surface area contributed by atoms with E-state index in [0.29, 0.717) is 13.0 Å². The highest BCUT2D eigenvalue weighted by molar-refractivity contribution is 5.98. The quantitative estimate of drug-likeness (QED) is 0.745. The highest BCUT2D eigenvalue weighted by Gasteiger charge is 2.22. The van der Waals surface area contributed by atoms with Crippen LogP contribution < -0.4 is 16.0 Å². The summed E-state index contributed by atoms with van der Waals surface area (Å²) in [5, 5.41) is 7.42. The first-order chi connectivity index (χ1) is 10.4. The van der Waals surface area contributed by atoms with E-state index in [4.69, 9.17) is 0 Å². The Labute approximate surface area is 130 Å². The van der Waals surface area contributed by atoms with Crippen LogP contribution in [-0.4, -0.2) is 23.9 Å². The molecule has 0 aliphatic heterocycles. The number of benzene rings is 1. The molecule has 0 aromatic heterocycles. The number of imide groups is 1. The van der Waals surface area contributed by atoms with Gasteiger partial charge in [0.25, 0.3) is 5.91 Å². The molecule has 1 atom stereocenters. The molecule has 6 heteroatoms. The van der Waals surface area contributed by atoms with Crippen molar-refractivity contribution in [3.05, 3.63) is 35.9 Å². The fourth-order valence-electron chi connectivity index (χ4n) is 1.97. The molecule has 0 aliphatic rings. The van der Waals surface area contributed by atoms with Gasteiger partial charge < -0.3 is 10.6 Å². The van der Waals surface area contributed by atoms with E-state index in [1.807, 2.05) is 44.2 Å². The zero-order valence-corrected chi connectivity index (χ0v) is 13.2. The second kappa shape index (κ2) is 8.81. The fraction of sp³-hybridized carbons (Fsp3) is 0.438. The van der Waals surface area contributed by atoms with Crippen LogP contribution in [0.25, 0.3) is 0 Å². The SMILES string of the molecule is CC(=O)N[C@@H](CC(C)C)C(=O)NC(=O)NCc1ccccc1. The fourth-order valence-corrected chi connectivity index (χ4v) is 1.97. The molecule has 120 valence electrons. The summed E-state index contributed by atoms with van der Waals surface area (Å²) in [6.07, 6.45) is 0.470. The highest BCUT2D eigenvalue weighted by atomic mass is 16.2. The second-order valence-corrected chi connectivity index (χ2v) is 5.54. The molecule has 0 heterocycles. The van der Waals surface area contributed by atoms with Gasteiger partial charge in [0.2, 0.25) is 5.91 Å². The van der Waals surface area contributed by atoms with E-state index in [2.05, 4.69) is 16.0 Å². The molecule has 0 bridgehead atoms. The normalized spacial score (nSPS) is 11.6. The van der Waals surface area contributed by atoms with Crippen molar-refractivity contribution < 1.29 is 14.4 Å². The van der Waals surface area contributed by atoms with Gasteiger partial charge in [-0.25, -0.2) is 4.79 Å². The van der Waals surface area contributed by atoms with Crippen molar-refractivity contribution in [3.8, 4) is 0 Å². The Bertz CT molecular complexity index is 515. The standard InChI is InChI=1S/C16H23N3O3/c1-11(2)9-14(18-12(3)20)15(21)19-16(22)17-10-13-7-5-4-6-8-13/h4-8,11,14H,9-10H2,1-3H3,(H,18,20)(H2,17,19,21,22)/t14-/m0/s1. The van der Waals surface area contributed by atoms with Crippen LogP contribution in [0.5, 0.6) is 0 Å². The first-order valence-electron chi connectivity index (χ1n) is 7.28. The minimum atomic E-state index is -0.708. The van der Waals surface area contributed by atoms with Crippen LogP contribution in [0, 0.1) is 5.92 Å². The van der Waals surface area contributed by atoms with Gasteiger partial charge in [0.05, 0.1) is 0 Å². The largest absolute Gasteiger partial charge is 0.345 e. The minimum absolute atomic E-state index is 0.218. The molecule has 1 rings (SSSR count). The van der Waals surface area contributed by atoms with Crippen LogP contribution in [0.15, 0.2) is 30.3 Å². The lowest BCUT2D eigenvalue weighted by molar-refractivity contribution is -0.127. The number of rotatable bonds is 6. The third kappa shape index (κ3) is 6.88. The highest BCUT2D eigenvalue weighted by Crippen LogP contribution is 2.05. The number of carbonyl (C=O) groups is 3. The van der Waals surface area contributed by atoms with Gasteiger partial charge in [-0.2, -0.15) is 0 Å². The first kappa shape index (κ1) is 17.7. The Morgan fingerprint density at radius 3 is 2.27 bits per heavy atom. The van der Waals surface area contributed by atoms with E-state index >= 15 is 0 Å². The molecule has 1 aromatic carbocycles. The number of carbonyl (C=O) groups excluding carboxylic acids is 3. The Balaban J connectivity index is 2.49. The maximum atomic E-state index is 12.0. The molecule has 4 amide bonds. The van der Waals surface area contributed by atoms with Crippen molar-refractivity contribution in [1.29, 1.82) is 0 Å². The van der Waals surface area contributed by atoms with Gasteiger partial charge in [0.15, 0.2) is 0 Å². The Kier molecular flexibility index (Phi) is 7.08. The van der Waals surface area contributed by atoms with Gasteiger partial charge in [-0.1, -0.05) is 44.2 Å². The third-order valence-electron chi connectivity index (χ3n) is 2.93. The molecule has 0 unspecified atom stereocenters. The van der Waals surface area contributed by atoms with E-state index in [9.17, 15) is 14.4 Å². The molecule has 0 saturated carbocycles. The van der Waals surface area contributed by atoms with Gasteiger partial charge in [-0.05, 0) is 17.9 Å². The zero-order valence-electron chi connectivity index (χ0n) is 13.2. The monoisotopic (exact) mass is 305 g/mol. The lowest BCUT2D eigenvalue weighted by Gasteiger charge is -2.19. The van der Waals surface area contributed by atoms with Gasteiger partial charge >= 0.3 is 6.03 Å². The predicted octanol–water partition coefficient (Wildman–Crippen LogP) is 1.56. The number of hydrogen-bond donors (Lipinski definition) is 3. The molecule has 22 heavy (non-hydrogen) atoms. The van der Waals surface area contributed by atoms with Crippen LogP contribution in [0.3, 0.4) is 0 Å². The van der Waals surface area contributed by atoms with Crippen LogP contribution in [-0.2, 0) is 16.1 Å². The lowest BCUT2D eigenvalue weighted by atomic mass is 10.0. The topological polar surface area (TPSA) is 87.3 Å². The van der Waals surface area contributed by atoms with E-state index in [0.717, 1.165) is 5.56 Å². The van der Waals surface area contributed by atoms with Crippen molar-refractivity contribution in [2.24, 2.45) is 5.92 Å². The molecule has 0 radical (unpaired) electrons. The summed E-state index contributed by atoms with van der Waals surface area (Å²) in [7, 11) is 0. The molecule has 0 fully saturated rings. The minimum Gasteiger partial charge on any atom is -0.345 e. The van der Waals surface area contributed by atoms with Crippen molar-refractivity contribution >= 4 is 17.8 Å². The number of nitrogens with one attached hydrogen (secondary N) is 3. The van der Waals surface area contributed by atoms with Crippen LogP contribution >= 0.6 is 0 Å². The second-order valence-electron chi connectivity index (χ2n) is 5.54. The predicted molar refractivity (Wildman–Crippen MR) is 83.9 cm³/mol. The lowest BCUT2D eigenvalue weighted by Crippen LogP contribution is -2.50. The average molecular weight is 305 g/mol. The summed E-state index contributed by atoms with van der Waals surface area (Å²) in [4.78, 5) is 34.9. The summed E-state index contributed by atoms with van der Waals surface area (Å²) in [5.74, 6) is -0.588. The molecule has 0 spiro atoms. The van der Waals surface area contributed by atoms with Gasteiger partial charge in [-0.15, -0.1) is 0 Å². The van der Waals surface area contributed by atoms with Crippen molar-refractivity contribution in [1.82, 2.24) is 16.0 Å². The summed E-state index contributed by atoms with van der Waals surface area (Å²) in [6.45, 7) is 5.56. The molecule has 1 aromatic rings. The number of amides is 4. The summed E-state index contributed by atoms with van der Waals surface area (Å²) >= 11 is 0. The van der Waals surface area contributed by atoms with E-state index in [1.54, 1.807) is 0 Å². The van der Waals surface area contributed by atoms with Gasteiger partial charge in [0.1, 0.15) is 6.04 Å². The van der Waals surface area contributed by atoms with Crippen LogP contribution in [0.1, 0.15) is 32.8 Å². The molecular weight excluding hydrogens is 282 g/mol. The zero-order chi connectivity index (χ0) is 16.5. The van der Waals surface area contributed by atoms with Gasteiger partial charge in [-0.3, -0.25) is 14.9 Å². The summed E-state index contributed by atoms with van der Waals surface area (Å²) in [6, 6.07) is 8.09. The molecule has 0 aliphatic carbocycles. The smallest absolute Gasteiger partial charge is 0.321 e. The summed E-state index contributed by atoms with van der Waals surface area (Å²) in [5.41, 5.74) is 0.936. The molecule has 0 saturated heterocycles. The van der Waals surface area contributed by atoms with E-state index in [1.165, 1.54) is 6.92 Å². The van der Waals surface area contributed by atoms with Crippen molar-refractivity contribution in [2.75, 3.05) is 0 Å². The molecule has 6 nitrogen and oxygen atoms in total. The average Bonchev–Trinajstić information content (AvgIpc) is 2.44. The third-order valence-corrected chi connectivity index (χ3v) is 2.93. The summed E-state index contributed by atoms with van der Waals surface area (Å²) < 4.78 is 0. The van der Waals surface area contributed by atoms with Crippen LogP contribution in [0.2, 0.25) is 0 Å². The number of hydrogen-bond acceptors (Lipinski definition) is 3. The van der Waals surface area contributed by atoms with Crippen LogP contribution in [0.4, 0.5) is 4.79 Å². The maximum Gasteiger partial charge on any atom is 0.321 e. The van der Waals surface area contributed by atoms with Crippen molar-refractivity contribution in [2.45, 2.75) is 39.8 Å². The van der Waals surface area contributed by atoms with Crippen molar-refractivity contribution in [3.63, 3.8) is 0 Å². The molecular formula is C16H23N3O3. The number of urea groups is 1. The first-order valence-corrected chi connectivity index (χ1v) is 7.28. The van der Waals surface area contributed by atoms with E-state index < -0.39 is 18.0 Å². The van der Waals surface area contributed by atoms with E-state index in [-0.39, 0.29) is 11.8 Å². The molecule has 3 N–H and O–H groups in total. The maximum absolute atomic E-state index is 12.0. The Morgan fingerprint density at radius 2 is 1.73 bits per heavy atom.